The molecule has 0 saturated heterocycles. The highest BCUT2D eigenvalue weighted by atomic mass is 127. The third kappa shape index (κ3) is 10.4. The van der Waals surface area contributed by atoms with E-state index >= 15 is 0 Å². The predicted molar refractivity (Wildman–Crippen MR) is 134 cm³/mol. The lowest BCUT2D eigenvalue weighted by molar-refractivity contribution is 0.106. The maximum atomic E-state index is 11.3. The predicted octanol–water partition coefficient (Wildman–Crippen LogP) is 3.51. The van der Waals surface area contributed by atoms with Gasteiger partial charge in [-0.2, -0.15) is 0 Å². The Morgan fingerprint density at radius 3 is 2.30 bits per heavy atom. The van der Waals surface area contributed by atoms with Crippen molar-refractivity contribution in [2.45, 2.75) is 39.1 Å². The van der Waals surface area contributed by atoms with Crippen molar-refractivity contribution in [2.24, 2.45) is 4.99 Å². The van der Waals surface area contributed by atoms with E-state index in [0.29, 0.717) is 32.1 Å². The van der Waals surface area contributed by atoms with Crippen LogP contribution >= 0.6 is 24.0 Å². The molecule has 30 heavy (non-hydrogen) atoms. The van der Waals surface area contributed by atoms with Gasteiger partial charge in [0.05, 0.1) is 19.0 Å². The first-order valence-corrected chi connectivity index (χ1v) is 11.8. The van der Waals surface area contributed by atoms with Gasteiger partial charge in [-0.1, -0.05) is 54.6 Å². The van der Waals surface area contributed by atoms with E-state index in [9.17, 15) is 8.42 Å². The van der Waals surface area contributed by atoms with Gasteiger partial charge in [0.15, 0.2) is 5.96 Å². The van der Waals surface area contributed by atoms with Crippen LogP contribution in [0.2, 0.25) is 0 Å². The Morgan fingerprint density at radius 2 is 1.67 bits per heavy atom. The Hall–Kier alpha value is -1.65. The van der Waals surface area contributed by atoms with Crippen LogP contribution in [-0.4, -0.2) is 39.5 Å². The Labute approximate surface area is 197 Å². The van der Waals surface area contributed by atoms with Crippen LogP contribution in [-0.2, 0) is 34.3 Å². The second kappa shape index (κ2) is 13.6. The summed E-state index contributed by atoms with van der Waals surface area (Å²) in [5, 5.41) is 6.53. The number of sulfone groups is 1. The topological polar surface area (TPSA) is 79.8 Å². The zero-order chi connectivity index (χ0) is 21.1. The van der Waals surface area contributed by atoms with Crippen molar-refractivity contribution in [1.82, 2.24) is 10.6 Å². The zero-order valence-electron chi connectivity index (χ0n) is 17.8. The first kappa shape index (κ1) is 26.4. The number of rotatable bonds is 10. The standard InChI is InChI=1S/C22H31N3O3S.HI/c1-18(13-14-29(3,26)27)25-22(23-2)24-15-20-11-7-8-12-21(20)17-28-16-19-9-5-4-6-10-19;/h4-12,18H,13-17H2,1-3H3,(H2,23,24,25);1H. The highest BCUT2D eigenvalue weighted by molar-refractivity contribution is 14.0. The monoisotopic (exact) mass is 545 g/mol. The van der Waals surface area contributed by atoms with Crippen molar-refractivity contribution in [3.63, 3.8) is 0 Å². The molecule has 0 radical (unpaired) electrons. The first-order chi connectivity index (χ1) is 13.9. The number of hydrogen-bond donors (Lipinski definition) is 2. The molecule has 2 rings (SSSR count). The van der Waals surface area contributed by atoms with Crippen LogP contribution in [0.1, 0.15) is 30.0 Å². The molecule has 1 unspecified atom stereocenters. The van der Waals surface area contributed by atoms with Gasteiger partial charge in [0.2, 0.25) is 0 Å². The first-order valence-electron chi connectivity index (χ1n) is 9.70. The van der Waals surface area contributed by atoms with E-state index < -0.39 is 9.84 Å². The quantitative estimate of drug-likeness (QED) is 0.272. The van der Waals surface area contributed by atoms with Gasteiger partial charge in [0, 0.05) is 25.9 Å². The number of aliphatic imine (C=N–C) groups is 1. The molecule has 166 valence electrons. The van der Waals surface area contributed by atoms with Crippen molar-refractivity contribution < 1.29 is 13.2 Å². The minimum Gasteiger partial charge on any atom is -0.372 e. The van der Waals surface area contributed by atoms with Crippen LogP contribution in [0.4, 0.5) is 0 Å². The van der Waals surface area contributed by atoms with E-state index in [2.05, 4.69) is 27.8 Å². The van der Waals surface area contributed by atoms with Gasteiger partial charge in [0.1, 0.15) is 9.84 Å². The number of halogens is 1. The summed E-state index contributed by atoms with van der Waals surface area (Å²) < 4.78 is 28.5. The fourth-order valence-electron chi connectivity index (χ4n) is 2.79. The van der Waals surface area contributed by atoms with Crippen molar-refractivity contribution >= 4 is 39.8 Å². The fourth-order valence-corrected chi connectivity index (χ4v) is 3.58. The maximum Gasteiger partial charge on any atom is 0.191 e. The molecule has 6 nitrogen and oxygen atoms in total. The van der Waals surface area contributed by atoms with Crippen LogP contribution < -0.4 is 10.6 Å². The van der Waals surface area contributed by atoms with E-state index in [1.807, 2.05) is 49.4 Å². The summed E-state index contributed by atoms with van der Waals surface area (Å²) in [5.74, 6) is 0.797. The Balaban J connectivity index is 0.00000450. The molecule has 0 fully saturated rings. The largest absolute Gasteiger partial charge is 0.372 e. The maximum absolute atomic E-state index is 11.3. The third-order valence-corrected chi connectivity index (χ3v) is 5.44. The molecule has 2 aromatic carbocycles. The fraction of sp³-hybridized carbons (Fsp3) is 0.409. The normalized spacial score (nSPS) is 12.7. The molecule has 1 atom stereocenters. The lowest BCUT2D eigenvalue weighted by atomic mass is 10.1. The van der Waals surface area contributed by atoms with E-state index in [0.717, 1.165) is 16.7 Å². The molecule has 0 aliphatic heterocycles. The van der Waals surface area contributed by atoms with Crippen molar-refractivity contribution in [1.29, 1.82) is 0 Å². The molecule has 0 aliphatic rings. The number of ether oxygens (including phenoxy) is 1. The summed E-state index contributed by atoms with van der Waals surface area (Å²) in [6, 6.07) is 18.2. The number of guanidine groups is 1. The lowest BCUT2D eigenvalue weighted by Gasteiger charge is -2.18. The van der Waals surface area contributed by atoms with Gasteiger partial charge < -0.3 is 15.4 Å². The lowest BCUT2D eigenvalue weighted by Crippen LogP contribution is -2.42. The molecule has 0 aliphatic carbocycles. The van der Waals surface area contributed by atoms with E-state index in [4.69, 9.17) is 4.74 Å². The Bertz CT molecular complexity index is 890. The molecular weight excluding hydrogens is 513 g/mol. The molecule has 0 saturated carbocycles. The van der Waals surface area contributed by atoms with Gasteiger partial charge >= 0.3 is 0 Å². The summed E-state index contributed by atoms with van der Waals surface area (Å²) in [5.41, 5.74) is 3.40. The highest BCUT2D eigenvalue weighted by Crippen LogP contribution is 2.12. The second-order valence-electron chi connectivity index (χ2n) is 7.14. The average molecular weight is 545 g/mol. The minimum absolute atomic E-state index is 0. The highest BCUT2D eigenvalue weighted by Gasteiger charge is 2.10. The third-order valence-electron chi connectivity index (χ3n) is 4.46. The van der Waals surface area contributed by atoms with Crippen molar-refractivity contribution in [3.05, 3.63) is 71.3 Å². The van der Waals surface area contributed by atoms with Gasteiger partial charge in [0.25, 0.3) is 0 Å². The van der Waals surface area contributed by atoms with Gasteiger partial charge in [-0.25, -0.2) is 8.42 Å². The van der Waals surface area contributed by atoms with E-state index in [-0.39, 0.29) is 35.8 Å². The molecule has 2 N–H and O–H groups in total. The van der Waals surface area contributed by atoms with Gasteiger partial charge in [-0.3, -0.25) is 4.99 Å². The summed E-state index contributed by atoms with van der Waals surface area (Å²) in [6.45, 7) is 3.65. The summed E-state index contributed by atoms with van der Waals surface area (Å²) in [7, 11) is -1.26. The zero-order valence-corrected chi connectivity index (χ0v) is 20.9. The van der Waals surface area contributed by atoms with Crippen LogP contribution in [0.3, 0.4) is 0 Å². The van der Waals surface area contributed by atoms with Crippen LogP contribution in [0.5, 0.6) is 0 Å². The molecule has 0 bridgehead atoms. The average Bonchev–Trinajstić information content (AvgIpc) is 2.70. The van der Waals surface area contributed by atoms with E-state index in [1.165, 1.54) is 6.26 Å². The van der Waals surface area contributed by atoms with Crippen LogP contribution in [0.15, 0.2) is 59.6 Å². The Morgan fingerprint density at radius 1 is 1.03 bits per heavy atom. The van der Waals surface area contributed by atoms with Crippen LogP contribution in [0, 0.1) is 0 Å². The van der Waals surface area contributed by atoms with Crippen LogP contribution in [0.25, 0.3) is 0 Å². The molecule has 0 heterocycles. The van der Waals surface area contributed by atoms with Crippen molar-refractivity contribution in [3.8, 4) is 0 Å². The molecule has 0 aromatic heterocycles. The number of nitrogens with zero attached hydrogens (tertiary/aromatic N) is 1. The molecule has 0 spiro atoms. The number of hydrogen-bond acceptors (Lipinski definition) is 4. The summed E-state index contributed by atoms with van der Waals surface area (Å²) in [4.78, 5) is 4.23. The molecule has 0 amide bonds. The van der Waals surface area contributed by atoms with Gasteiger partial charge in [-0.15, -0.1) is 24.0 Å². The second-order valence-corrected chi connectivity index (χ2v) is 9.40. The van der Waals surface area contributed by atoms with Gasteiger partial charge in [-0.05, 0) is 30.0 Å². The Kier molecular flexibility index (Phi) is 12.0. The van der Waals surface area contributed by atoms with Crippen molar-refractivity contribution in [2.75, 3.05) is 19.1 Å². The number of nitrogens with one attached hydrogen (secondary N) is 2. The molecular formula is C22H32IN3O3S. The van der Waals surface area contributed by atoms with E-state index in [1.54, 1.807) is 7.05 Å². The smallest absolute Gasteiger partial charge is 0.191 e. The number of benzene rings is 2. The summed E-state index contributed by atoms with van der Waals surface area (Å²) >= 11 is 0. The SMILES string of the molecule is CN=C(NCc1ccccc1COCc1ccccc1)NC(C)CCS(C)(=O)=O.I. The summed E-state index contributed by atoms with van der Waals surface area (Å²) in [6.07, 6.45) is 1.78. The molecule has 8 heteroatoms. The minimum atomic E-state index is -2.97. The molecule has 2 aromatic rings.